The fourth-order valence-electron chi connectivity index (χ4n) is 3.00. The Morgan fingerprint density at radius 3 is 2.78 bits per heavy atom. The summed E-state index contributed by atoms with van der Waals surface area (Å²) in [6.45, 7) is 3.79. The molecule has 0 aliphatic heterocycles. The minimum Gasteiger partial charge on any atom is -0.341 e. The van der Waals surface area contributed by atoms with Crippen LogP contribution < -0.4 is 5.32 Å². The number of carbonyl (C=O) groups excluding carboxylic acids is 1. The molecule has 1 aromatic carbocycles. The summed E-state index contributed by atoms with van der Waals surface area (Å²) in [5, 5.41) is 4.57. The third kappa shape index (κ3) is 4.01. The van der Waals surface area contributed by atoms with Crippen molar-refractivity contribution in [3.8, 4) is 10.6 Å². The van der Waals surface area contributed by atoms with Crippen LogP contribution in [0.2, 0.25) is 5.02 Å². The predicted octanol–water partition coefficient (Wildman–Crippen LogP) is 4.75. The van der Waals surface area contributed by atoms with Crippen LogP contribution in [0.3, 0.4) is 0 Å². The minimum absolute atomic E-state index is 0.125. The molecule has 4 rings (SSSR count). The quantitative estimate of drug-likeness (QED) is 0.673. The molecule has 1 aliphatic rings. The van der Waals surface area contributed by atoms with E-state index in [1.54, 1.807) is 6.20 Å². The number of rotatable bonds is 5. The molecule has 1 N–H and O–H groups in total. The van der Waals surface area contributed by atoms with E-state index in [2.05, 4.69) is 20.3 Å². The number of carbonyl (C=O) groups is 1. The van der Waals surface area contributed by atoms with Gasteiger partial charge in [0, 0.05) is 22.5 Å². The van der Waals surface area contributed by atoms with Gasteiger partial charge < -0.3 is 5.32 Å². The lowest BCUT2D eigenvalue weighted by atomic mass is 10.1. The van der Waals surface area contributed by atoms with Crippen molar-refractivity contribution < 1.29 is 4.79 Å². The van der Waals surface area contributed by atoms with Crippen molar-refractivity contribution >= 4 is 28.8 Å². The Kier molecular flexibility index (Phi) is 4.93. The molecule has 2 heterocycles. The number of aromatic nitrogens is 3. The molecule has 1 amide bonds. The van der Waals surface area contributed by atoms with Gasteiger partial charge in [0.1, 0.15) is 9.88 Å². The Hall–Kier alpha value is -2.31. The highest BCUT2D eigenvalue weighted by Crippen LogP contribution is 2.40. The average Bonchev–Trinajstić information content (AvgIpc) is 3.40. The fourth-order valence-corrected chi connectivity index (χ4v) is 4.16. The Labute approximate surface area is 166 Å². The molecule has 7 heteroatoms. The number of hydrogen-bond donors (Lipinski definition) is 1. The molecule has 0 unspecified atom stereocenters. The summed E-state index contributed by atoms with van der Waals surface area (Å²) in [5.74, 6) is 0.958. The first kappa shape index (κ1) is 18.1. The van der Waals surface area contributed by atoms with E-state index in [0.717, 1.165) is 29.1 Å². The first-order valence-electron chi connectivity index (χ1n) is 8.85. The lowest BCUT2D eigenvalue weighted by molar-refractivity contribution is 0.0933. The van der Waals surface area contributed by atoms with Crippen molar-refractivity contribution in [1.29, 1.82) is 0 Å². The van der Waals surface area contributed by atoms with E-state index in [9.17, 15) is 4.79 Å². The van der Waals surface area contributed by atoms with Crippen LogP contribution in [0, 0.1) is 19.8 Å². The van der Waals surface area contributed by atoms with Crippen molar-refractivity contribution in [3.63, 3.8) is 0 Å². The van der Waals surface area contributed by atoms with Crippen LogP contribution in [0.25, 0.3) is 10.6 Å². The number of nitrogens with one attached hydrogen (secondary N) is 1. The van der Waals surface area contributed by atoms with Gasteiger partial charge in [0.15, 0.2) is 5.82 Å². The molecule has 0 radical (unpaired) electrons. The predicted molar refractivity (Wildman–Crippen MR) is 107 cm³/mol. The van der Waals surface area contributed by atoms with E-state index in [1.807, 2.05) is 44.2 Å². The SMILES string of the molecule is Cc1ccnc([C@H](NC(=O)c2sc(-c3cccc(Cl)c3)nc2C)C2CC2)n1. The number of amides is 1. The largest absolute Gasteiger partial charge is 0.341 e. The highest BCUT2D eigenvalue weighted by molar-refractivity contribution is 7.17. The molecule has 2 aromatic heterocycles. The Bertz CT molecular complexity index is 999. The number of benzene rings is 1. The van der Waals surface area contributed by atoms with E-state index in [0.29, 0.717) is 27.3 Å². The molecular weight excluding hydrogens is 380 g/mol. The summed E-state index contributed by atoms with van der Waals surface area (Å²) in [4.78, 5) is 27.0. The van der Waals surface area contributed by atoms with Gasteiger partial charge in [-0.2, -0.15) is 0 Å². The van der Waals surface area contributed by atoms with Gasteiger partial charge in [0.05, 0.1) is 11.7 Å². The normalized spacial score (nSPS) is 14.8. The number of aryl methyl sites for hydroxylation is 2. The molecule has 3 aromatic rings. The summed E-state index contributed by atoms with van der Waals surface area (Å²) >= 11 is 7.46. The van der Waals surface area contributed by atoms with Crippen molar-refractivity contribution in [2.45, 2.75) is 32.7 Å². The second kappa shape index (κ2) is 7.37. The number of nitrogens with zero attached hydrogens (tertiary/aromatic N) is 3. The molecule has 27 heavy (non-hydrogen) atoms. The second-order valence-corrected chi connectivity index (χ2v) is 8.22. The van der Waals surface area contributed by atoms with Crippen molar-refractivity contribution in [2.75, 3.05) is 0 Å². The summed E-state index contributed by atoms with van der Waals surface area (Å²) in [5.41, 5.74) is 2.53. The summed E-state index contributed by atoms with van der Waals surface area (Å²) in [7, 11) is 0. The zero-order valence-corrected chi connectivity index (χ0v) is 16.6. The molecule has 138 valence electrons. The Balaban J connectivity index is 1.59. The van der Waals surface area contributed by atoms with Gasteiger partial charge in [-0.05, 0) is 50.8 Å². The lowest BCUT2D eigenvalue weighted by Gasteiger charge is -2.16. The maximum absolute atomic E-state index is 13.0. The second-order valence-electron chi connectivity index (χ2n) is 6.79. The van der Waals surface area contributed by atoms with E-state index in [-0.39, 0.29) is 11.9 Å². The van der Waals surface area contributed by atoms with Crippen LogP contribution in [0.15, 0.2) is 36.5 Å². The first-order valence-corrected chi connectivity index (χ1v) is 10.0. The van der Waals surface area contributed by atoms with Crippen LogP contribution in [0.5, 0.6) is 0 Å². The van der Waals surface area contributed by atoms with Gasteiger partial charge in [0.2, 0.25) is 0 Å². The highest BCUT2D eigenvalue weighted by Gasteiger charge is 2.36. The van der Waals surface area contributed by atoms with Gasteiger partial charge in [-0.3, -0.25) is 4.79 Å². The maximum Gasteiger partial charge on any atom is 0.263 e. The zero-order chi connectivity index (χ0) is 19.0. The summed E-state index contributed by atoms with van der Waals surface area (Å²) in [6.07, 6.45) is 3.91. The van der Waals surface area contributed by atoms with E-state index >= 15 is 0 Å². The molecule has 0 spiro atoms. The third-order valence-electron chi connectivity index (χ3n) is 4.55. The van der Waals surface area contributed by atoms with Crippen LogP contribution in [-0.4, -0.2) is 20.9 Å². The van der Waals surface area contributed by atoms with Crippen molar-refractivity contribution in [1.82, 2.24) is 20.3 Å². The van der Waals surface area contributed by atoms with Gasteiger partial charge in [0.25, 0.3) is 5.91 Å². The molecule has 1 aliphatic carbocycles. The molecule has 0 saturated heterocycles. The number of hydrogen-bond acceptors (Lipinski definition) is 5. The number of thiazole rings is 1. The third-order valence-corrected chi connectivity index (χ3v) is 5.99. The molecule has 1 fully saturated rings. The molecule has 1 atom stereocenters. The van der Waals surface area contributed by atoms with Crippen LogP contribution >= 0.6 is 22.9 Å². The molecule has 0 bridgehead atoms. The van der Waals surface area contributed by atoms with E-state index in [4.69, 9.17) is 11.6 Å². The topological polar surface area (TPSA) is 67.8 Å². The molecule has 5 nitrogen and oxygen atoms in total. The lowest BCUT2D eigenvalue weighted by Crippen LogP contribution is -2.31. The minimum atomic E-state index is -0.159. The first-order chi connectivity index (χ1) is 13.0. The van der Waals surface area contributed by atoms with E-state index in [1.165, 1.54) is 11.3 Å². The summed E-state index contributed by atoms with van der Waals surface area (Å²) in [6, 6.07) is 9.20. The smallest absolute Gasteiger partial charge is 0.263 e. The summed E-state index contributed by atoms with van der Waals surface area (Å²) < 4.78 is 0. The zero-order valence-electron chi connectivity index (χ0n) is 15.1. The monoisotopic (exact) mass is 398 g/mol. The Morgan fingerprint density at radius 2 is 2.07 bits per heavy atom. The van der Waals surface area contributed by atoms with Crippen LogP contribution in [-0.2, 0) is 0 Å². The standard InChI is InChI=1S/C20H19ClN4OS/c1-11-8-9-22-18(23-11)16(13-6-7-13)25-19(26)17-12(2)24-20(27-17)14-4-3-5-15(21)10-14/h3-5,8-10,13,16H,6-7H2,1-2H3,(H,25,26)/t16-/m1/s1. The van der Waals surface area contributed by atoms with Crippen LogP contribution in [0.1, 0.15) is 45.8 Å². The van der Waals surface area contributed by atoms with Crippen LogP contribution in [0.4, 0.5) is 0 Å². The van der Waals surface area contributed by atoms with Gasteiger partial charge in [-0.15, -0.1) is 11.3 Å². The van der Waals surface area contributed by atoms with Gasteiger partial charge >= 0.3 is 0 Å². The van der Waals surface area contributed by atoms with Gasteiger partial charge in [-0.25, -0.2) is 15.0 Å². The number of halogens is 1. The van der Waals surface area contributed by atoms with Crippen molar-refractivity contribution in [2.24, 2.45) is 5.92 Å². The van der Waals surface area contributed by atoms with E-state index < -0.39 is 0 Å². The Morgan fingerprint density at radius 1 is 1.26 bits per heavy atom. The highest BCUT2D eigenvalue weighted by atomic mass is 35.5. The average molecular weight is 399 g/mol. The van der Waals surface area contributed by atoms with Gasteiger partial charge in [-0.1, -0.05) is 23.7 Å². The molecular formula is C20H19ClN4OS. The fraction of sp³-hybridized carbons (Fsp3) is 0.300. The molecule has 1 saturated carbocycles. The maximum atomic E-state index is 13.0. The van der Waals surface area contributed by atoms with Crippen molar-refractivity contribution in [3.05, 3.63) is 63.6 Å².